The van der Waals surface area contributed by atoms with Crippen molar-refractivity contribution in [3.05, 3.63) is 29.8 Å². The summed E-state index contributed by atoms with van der Waals surface area (Å²) in [4.78, 5) is 22.7. The Hall–Kier alpha value is -1.84. The lowest BCUT2D eigenvalue weighted by molar-refractivity contribution is -0.121. The molecule has 0 saturated heterocycles. The molecule has 0 fully saturated rings. The van der Waals surface area contributed by atoms with Crippen LogP contribution in [0.2, 0.25) is 0 Å². The molecule has 0 spiro atoms. The van der Waals surface area contributed by atoms with Gasteiger partial charge < -0.3 is 10.1 Å². The second kappa shape index (κ2) is 9.97. The van der Waals surface area contributed by atoms with E-state index in [-0.39, 0.29) is 11.7 Å². The zero-order chi connectivity index (χ0) is 15.5. The van der Waals surface area contributed by atoms with E-state index in [0.717, 1.165) is 31.6 Å². The summed E-state index contributed by atoms with van der Waals surface area (Å²) in [7, 11) is 0. The van der Waals surface area contributed by atoms with Crippen LogP contribution in [0.25, 0.3) is 0 Å². The highest BCUT2D eigenvalue weighted by Crippen LogP contribution is 2.13. The SMILES string of the molecule is CCCCCNC(=O)CCCOc1ccc(C(C)=O)cc1. The molecule has 0 atom stereocenters. The van der Waals surface area contributed by atoms with Crippen LogP contribution in [0.15, 0.2) is 24.3 Å². The summed E-state index contributed by atoms with van der Waals surface area (Å²) >= 11 is 0. The van der Waals surface area contributed by atoms with E-state index in [1.165, 1.54) is 6.92 Å². The van der Waals surface area contributed by atoms with Crippen molar-refractivity contribution < 1.29 is 14.3 Å². The molecule has 1 rings (SSSR count). The van der Waals surface area contributed by atoms with Gasteiger partial charge in [-0.05, 0) is 44.0 Å². The molecule has 0 aliphatic carbocycles. The maximum atomic E-state index is 11.5. The first kappa shape index (κ1) is 17.2. The number of carbonyl (C=O) groups is 2. The van der Waals surface area contributed by atoms with Crippen LogP contribution >= 0.6 is 0 Å². The standard InChI is InChI=1S/C17H25NO3/c1-3-4-5-12-18-17(20)7-6-13-21-16-10-8-15(9-11-16)14(2)19/h8-11H,3-7,12-13H2,1-2H3,(H,18,20). The Kier molecular flexibility index (Phi) is 8.17. The first-order chi connectivity index (χ1) is 10.1. The molecular weight excluding hydrogens is 266 g/mol. The fourth-order valence-electron chi connectivity index (χ4n) is 1.90. The van der Waals surface area contributed by atoms with Gasteiger partial charge in [0, 0.05) is 18.5 Å². The largest absolute Gasteiger partial charge is 0.494 e. The van der Waals surface area contributed by atoms with Gasteiger partial charge in [-0.15, -0.1) is 0 Å². The van der Waals surface area contributed by atoms with Crippen LogP contribution in [0.4, 0.5) is 0 Å². The fourth-order valence-corrected chi connectivity index (χ4v) is 1.90. The number of unbranched alkanes of at least 4 members (excludes halogenated alkanes) is 2. The number of ketones is 1. The third kappa shape index (κ3) is 7.49. The van der Waals surface area contributed by atoms with E-state index < -0.39 is 0 Å². The maximum Gasteiger partial charge on any atom is 0.220 e. The number of nitrogens with one attached hydrogen (secondary N) is 1. The van der Waals surface area contributed by atoms with Gasteiger partial charge in [-0.3, -0.25) is 9.59 Å². The monoisotopic (exact) mass is 291 g/mol. The van der Waals surface area contributed by atoms with E-state index in [4.69, 9.17) is 4.74 Å². The fraction of sp³-hybridized carbons (Fsp3) is 0.529. The van der Waals surface area contributed by atoms with E-state index in [0.29, 0.717) is 25.0 Å². The molecule has 21 heavy (non-hydrogen) atoms. The molecule has 0 aliphatic rings. The molecule has 0 unspecified atom stereocenters. The van der Waals surface area contributed by atoms with Crippen LogP contribution in [-0.4, -0.2) is 24.8 Å². The van der Waals surface area contributed by atoms with Crippen LogP contribution in [0.3, 0.4) is 0 Å². The second-order valence-corrected chi connectivity index (χ2v) is 5.09. The molecule has 0 bridgehead atoms. The van der Waals surface area contributed by atoms with Crippen LogP contribution < -0.4 is 10.1 Å². The second-order valence-electron chi connectivity index (χ2n) is 5.09. The molecular formula is C17H25NO3. The highest BCUT2D eigenvalue weighted by molar-refractivity contribution is 5.94. The van der Waals surface area contributed by atoms with Crippen molar-refractivity contribution in [2.24, 2.45) is 0 Å². The molecule has 0 radical (unpaired) electrons. The van der Waals surface area contributed by atoms with Crippen LogP contribution in [0, 0.1) is 0 Å². The molecule has 4 nitrogen and oxygen atoms in total. The Morgan fingerprint density at radius 1 is 1.10 bits per heavy atom. The van der Waals surface area contributed by atoms with Crippen molar-refractivity contribution in [1.82, 2.24) is 5.32 Å². The van der Waals surface area contributed by atoms with E-state index in [9.17, 15) is 9.59 Å². The van der Waals surface area contributed by atoms with Gasteiger partial charge in [-0.2, -0.15) is 0 Å². The number of benzene rings is 1. The van der Waals surface area contributed by atoms with Crippen molar-refractivity contribution in [3.8, 4) is 5.75 Å². The first-order valence-electron chi connectivity index (χ1n) is 7.64. The van der Waals surface area contributed by atoms with Gasteiger partial charge in [0.2, 0.25) is 5.91 Å². The molecule has 4 heteroatoms. The molecule has 0 saturated carbocycles. The molecule has 1 amide bonds. The van der Waals surface area contributed by atoms with Crippen LogP contribution in [0.5, 0.6) is 5.75 Å². The summed E-state index contributed by atoms with van der Waals surface area (Å²) in [5.74, 6) is 0.853. The minimum Gasteiger partial charge on any atom is -0.494 e. The Balaban J connectivity index is 2.13. The third-order valence-corrected chi connectivity index (χ3v) is 3.18. The molecule has 0 aromatic heterocycles. The lowest BCUT2D eigenvalue weighted by Crippen LogP contribution is -2.24. The summed E-state index contributed by atoms with van der Waals surface area (Å²) in [5, 5.41) is 2.90. The quantitative estimate of drug-likeness (QED) is 0.531. The molecule has 1 aromatic rings. The van der Waals surface area contributed by atoms with Crippen molar-refractivity contribution in [3.63, 3.8) is 0 Å². The van der Waals surface area contributed by atoms with Crippen molar-refractivity contribution in [1.29, 1.82) is 0 Å². The zero-order valence-electron chi connectivity index (χ0n) is 13.0. The Morgan fingerprint density at radius 2 is 1.81 bits per heavy atom. The smallest absolute Gasteiger partial charge is 0.220 e. The molecule has 1 N–H and O–H groups in total. The summed E-state index contributed by atoms with van der Waals surface area (Å²) in [6.45, 7) is 4.94. The maximum absolute atomic E-state index is 11.5. The zero-order valence-corrected chi connectivity index (χ0v) is 13.0. The van der Waals surface area contributed by atoms with E-state index in [1.54, 1.807) is 24.3 Å². The lowest BCUT2D eigenvalue weighted by Gasteiger charge is -2.07. The molecule has 0 aliphatic heterocycles. The van der Waals surface area contributed by atoms with Crippen molar-refractivity contribution >= 4 is 11.7 Å². The summed E-state index contributed by atoms with van der Waals surface area (Å²) < 4.78 is 5.54. The molecule has 116 valence electrons. The summed E-state index contributed by atoms with van der Waals surface area (Å²) in [6.07, 6.45) is 4.53. The Bertz CT molecular complexity index is 440. The minimum absolute atomic E-state index is 0.0429. The summed E-state index contributed by atoms with van der Waals surface area (Å²) in [5.41, 5.74) is 0.675. The lowest BCUT2D eigenvalue weighted by atomic mass is 10.1. The van der Waals surface area contributed by atoms with E-state index in [2.05, 4.69) is 12.2 Å². The van der Waals surface area contributed by atoms with Gasteiger partial charge in [0.05, 0.1) is 6.61 Å². The van der Waals surface area contributed by atoms with Gasteiger partial charge in [0.25, 0.3) is 0 Å². The van der Waals surface area contributed by atoms with Gasteiger partial charge in [-0.1, -0.05) is 19.8 Å². The van der Waals surface area contributed by atoms with E-state index >= 15 is 0 Å². The van der Waals surface area contributed by atoms with E-state index in [1.807, 2.05) is 0 Å². The number of ether oxygens (including phenoxy) is 1. The normalized spacial score (nSPS) is 10.2. The molecule has 1 aromatic carbocycles. The topological polar surface area (TPSA) is 55.4 Å². The van der Waals surface area contributed by atoms with Gasteiger partial charge >= 0.3 is 0 Å². The van der Waals surface area contributed by atoms with Gasteiger partial charge in [-0.25, -0.2) is 0 Å². The average molecular weight is 291 g/mol. The first-order valence-corrected chi connectivity index (χ1v) is 7.64. The highest BCUT2D eigenvalue weighted by atomic mass is 16.5. The van der Waals surface area contributed by atoms with Crippen molar-refractivity contribution in [2.45, 2.75) is 46.0 Å². The number of amides is 1. The predicted octanol–water partition coefficient (Wildman–Crippen LogP) is 3.35. The number of Topliss-reactive ketones (excluding diaryl/α,β-unsaturated/α-hetero) is 1. The van der Waals surface area contributed by atoms with Gasteiger partial charge in [0.15, 0.2) is 5.78 Å². The number of hydrogen-bond acceptors (Lipinski definition) is 3. The average Bonchev–Trinajstić information content (AvgIpc) is 2.48. The van der Waals surface area contributed by atoms with Crippen LogP contribution in [0.1, 0.15) is 56.3 Å². The Labute approximate surface area is 126 Å². The van der Waals surface area contributed by atoms with Crippen molar-refractivity contribution in [2.75, 3.05) is 13.2 Å². The number of rotatable bonds is 10. The number of hydrogen-bond donors (Lipinski definition) is 1. The molecule has 0 heterocycles. The third-order valence-electron chi connectivity index (χ3n) is 3.18. The Morgan fingerprint density at radius 3 is 2.43 bits per heavy atom. The van der Waals surface area contributed by atoms with Crippen LogP contribution in [-0.2, 0) is 4.79 Å². The number of carbonyl (C=O) groups excluding carboxylic acids is 2. The predicted molar refractivity (Wildman–Crippen MR) is 83.7 cm³/mol. The highest BCUT2D eigenvalue weighted by Gasteiger charge is 2.02. The van der Waals surface area contributed by atoms with Gasteiger partial charge in [0.1, 0.15) is 5.75 Å². The summed E-state index contributed by atoms with van der Waals surface area (Å²) in [6, 6.07) is 7.05. The minimum atomic E-state index is 0.0429.